The second-order valence-corrected chi connectivity index (χ2v) is 14.7. The Hall–Kier alpha value is -4.14. The van der Waals surface area contributed by atoms with Gasteiger partial charge in [-0.05, 0) is 80.2 Å². The predicted octanol–water partition coefficient (Wildman–Crippen LogP) is 5.24. The van der Waals surface area contributed by atoms with Crippen molar-refractivity contribution in [2.75, 3.05) is 51.6 Å². The van der Waals surface area contributed by atoms with Crippen molar-refractivity contribution >= 4 is 40.3 Å². The zero-order valence-electron chi connectivity index (χ0n) is 27.9. The molecule has 4 atom stereocenters. The number of carbonyl (C=O) groups is 2. The number of fused-ring (bicyclic) bond motifs is 2. The van der Waals surface area contributed by atoms with Crippen LogP contribution in [0, 0.1) is 11.7 Å². The van der Waals surface area contributed by atoms with E-state index >= 15 is 4.39 Å². The third-order valence-electron chi connectivity index (χ3n) is 10.9. The first-order chi connectivity index (χ1) is 24.1. The van der Waals surface area contributed by atoms with Crippen LogP contribution in [0.1, 0.15) is 56.9 Å². The zero-order valence-corrected chi connectivity index (χ0v) is 28.6. The molecule has 15 heteroatoms. The van der Waals surface area contributed by atoms with Gasteiger partial charge < -0.3 is 24.4 Å². The average molecular weight is 710 g/mol. The minimum absolute atomic E-state index is 0.0137. The Balaban J connectivity index is 1.24. The van der Waals surface area contributed by atoms with Crippen LogP contribution in [0.3, 0.4) is 0 Å². The Morgan fingerprint density at radius 1 is 1.16 bits per heavy atom. The first kappa shape index (κ1) is 33.0. The molecule has 6 heterocycles. The summed E-state index contributed by atoms with van der Waals surface area (Å²) < 4.78 is 47.8. The van der Waals surface area contributed by atoms with Gasteiger partial charge in [0.15, 0.2) is 12.6 Å². The van der Waals surface area contributed by atoms with E-state index in [-0.39, 0.29) is 43.1 Å². The summed E-state index contributed by atoms with van der Waals surface area (Å²) >= 11 is 6.82. The van der Waals surface area contributed by atoms with E-state index < -0.39 is 28.8 Å². The van der Waals surface area contributed by atoms with Crippen LogP contribution < -0.4 is 25.0 Å². The number of aromatic nitrogens is 3. The van der Waals surface area contributed by atoms with E-state index in [1.807, 2.05) is 4.90 Å². The first-order valence-electron chi connectivity index (χ1n) is 17.0. The number of urea groups is 1. The number of halogens is 3. The number of hydrogen-bond donors (Lipinski definition) is 2. The fourth-order valence-electron chi connectivity index (χ4n) is 8.32. The predicted molar refractivity (Wildman–Crippen MR) is 180 cm³/mol. The second-order valence-electron chi connectivity index (χ2n) is 14.2. The number of nitrogens with zero attached hydrogens (tertiary/aromatic N) is 5. The summed E-state index contributed by atoms with van der Waals surface area (Å²) in [6, 6.07) is 2.83. The summed E-state index contributed by atoms with van der Waals surface area (Å²) in [5.74, 6) is 0.137. The third kappa shape index (κ3) is 5.61. The topological polar surface area (TPSA) is 131 Å². The molecule has 2 aromatic heterocycles. The molecule has 5 aliphatic rings. The zero-order chi connectivity index (χ0) is 34.8. The van der Waals surface area contributed by atoms with Crippen molar-refractivity contribution in [2.45, 2.75) is 62.4 Å². The SMILES string of the molecule is COCOc1cc(Cl)c([C@H]2C[C@H]2C)c(-c2ncc3c(N4CCC[C@]5(C4)NC(=O)NC5=O)nc(OCC45CCCN4C/C(=C\F)C5)nc3c2F)c1. The van der Waals surface area contributed by atoms with E-state index in [0.717, 1.165) is 31.4 Å². The van der Waals surface area contributed by atoms with E-state index in [0.29, 0.717) is 77.7 Å². The number of ether oxygens (including phenoxy) is 3. The van der Waals surface area contributed by atoms with Gasteiger partial charge >= 0.3 is 12.0 Å². The van der Waals surface area contributed by atoms with Gasteiger partial charge in [0, 0.05) is 37.0 Å². The summed E-state index contributed by atoms with van der Waals surface area (Å²) in [5, 5.41) is 5.91. The van der Waals surface area contributed by atoms with Gasteiger partial charge in [-0.1, -0.05) is 18.5 Å². The normalized spacial score (nSPS) is 28.4. The number of carbonyl (C=O) groups excluding carboxylic acids is 2. The van der Waals surface area contributed by atoms with Crippen molar-refractivity contribution in [2.24, 2.45) is 5.92 Å². The molecule has 50 heavy (non-hydrogen) atoms. The summed E-state index contributed by atoms with van der Waals surface area (Å²) in [4.78, 5) is 43.3. The average Bonchev–Trinajstić information content (AvgIpc) is 3.38. The number of piperidine rings is 1. The number of hydrogen-bond acceptors (Lipinski definition) is 10. The summed E-state index contributed by atoms with van der Waals surface area (Å²) in [7, 11) is 1.51. The van der Waals surface area contributed by atoms with Crippen LogP contribution >= 0.6 is 11.6 Å². The lowest BCUT2D eigenvalue weighted by Gasteiger charge is -2.39. The van der Waals surface area contributed by atoms with E-state index in [1.165, 1.54) is 13.3 Å². The molecule has 5 fully saturated rings. The van der Waals surface area contributed by atoms with Crippen molar-refractivity contribution in [3.05, 3.63) is 46.6 Å². The van der Waals surface area contributed by atoms with Crippen LogP contribution in [0.15, 0.2) is 30.2 Å². The van der Waals surface area contributed by atoms with Gasteiger partial charge in [-0.3, -0.25) is 20.0 Å². The maximum atomic E-state index is 17.1. The molecule has 3 amide bonds. The standard InChI is InChI=1S/C35H38ClF2N7O5/c1-19-9-22(19)26-23(10-21(11-25(26)36)50-18-48-2)28-27(38)29-24(14-39-28)30(44-7-4-6-35(16-44)31(46)42-32(47)43-35)41-33(40-29)49-17-34-5-3-8-45(34)15-20(12-34)13-37/h10-11,13-14,19,22H,3-9,12,15-18H2,1-2H3,(H2,42,43,46,47)/b20-13-/t19-,22+,34?,35-/m1/s1. The molecule has 264 valence electrons. The van der Waals surface area contributed by atoms with Crippen LogP contribution in [-0.4, -0.2) is 89.6 Å². The number of rotatable bonds is 9. The largest absolute Gasteiger partial charge is 0.467 e. The van der Waals surface area contributed by atoms with Crippen LogP contribution in [0.5, 0.6) is 11.8 Å². The van der Waals surface area contributed by atoms with Gasteiger partial charge in [0.05, 0.1) is 23.8 Å². The molecule has 1 spiro atoms. The fourth-order valence-corrected chi connectivity index (χ4v) is 8.67. The quantitative estimate of drug-likeness (QED) is 0.225. The highest BCUT2D eigenvalue weighted by Crippen LogP contribution is 2.53. The van der Waals surface area contributed by atoms with Crippen molar-refractivity contribution in [3.8, 4) is 23.0 Å². The number of amides is 3. The summed E-state index contributed by atoms with van der Waals surface area (Å²) in [6.45, 7) is 4.25. The lowest BCUT2D eigenvalue weighted by molar-refractivity contribution is -0.124. The maximum Gasteiger partial charge on any atom is 0.322 e. The number of methoxy groups -OCH3 is 1. The highest BCUT2D eigenvalue weighted by atomic mass is 35.5. The molecule has 0 bridgehead atoms. The molecule has 1 aromatic carbocycles. The highest BCUT2D eigenvalue weighted by Gasteiger charge is 2.50. The minimum Gasteiger partial charge on any atom is -0.467 e. The molecule has 1 aliphatic carbocycles. The van der Waals surface area contributed by atoms with Crippen LogP contribution in [-0.2, 0) is 9.53 Å². The number of anilines is 1. The van der Waals surface area contributed by atoms with Gasteiger partial charge in [-0.2, -0.15) is 9.97 Å². The van der Waals surface area contributed by atoms with Crippen molar-refractivity contribution in [3.63, 3.8) is 0 Å². The van der Waals surface area contributed by atoms with Crippen molar-refractivity contribution in [1.82, 2.24) is 30.5 Å². The fraction of sp³-hybridized carbons (Fsp3) is 0.514. The Kier molecular flexibility index (Phi) is 8.30. The number of imide groups is 1. The Labute approximate surface area is 292 Å². The molecule has 4 aliphatic heterocycles. The summed E-state index contributed by atoms with van der Waals surface area (Å²) in [5.41, 5.74) is 0.478. The molecule has 8 rings (SSSR count). The van der Waals surface area contributed by atoms with Crippen LogP contribution in [0.4, 0.5) is 19.4 Å². The van der Waals surface area contributed by atoms with Gasteiger partial charge in [-0.25, -0.2) is 13.6 Å². The molecule has 1 unspecified atom stereocenters. The van der Waals surface area contributed by atoms with E-state index in [9.17, 15) is 14.0 Å². The van der Waals surface area contributed by atoms with Crippen molar-refractivity contribution < 1.29 is 32.6 Å². The third-order valence-corrected chi connectivity index (χ3v) is 11.3. The Morgan fingerprint density at radius 3 is 2.72 bits per heavy atom. The smallest absolute Gasteiger partial charge is 0.322 e. The molecular weight excluding hydrogens is 672 g/mol. The van der Waals surface area contributed by atoms with Gasteiger partial charge in [-0.15, -0.1) is 0 Å². The number of benzene rings is 1. The van der Waals surface area contributed by atoms with Crippen LogP contribution in [0.2, 0.25) is 5.02 Å². The molecule has 12 nitrogen and oxygen atoms in total. The number of pyridine rings is 1. The molecule has 1 saturated carbocycles. The first-order valence-corrected chi connectivity index (χ1v) is 17.4. The monoisotopic (exact) mass is 709 g/mol. The van der Waals surface area contributed by atoms with Gasteiger partial charge in [0.2, 0.25) is 0 Å². The molecular formula is C35H38ClF2N7O5. The Morgan fingerprint density at radius 2 is 1.98 bits per heavy atom. The summed E-state index contributed by atoms with van der Waals surface area (Å²) in [6.07, 6.45) is 6.43. The van der Waals surface area contributed by atoms with Gasteiger partial charge in [0.1, 0.15) is 34.9 Å². The Bertz CT molecular complexity index is 1930. The molecule has 2 N–H and O–H groups in total. The molecule has 3 aromatic rings. The van der Waals surface area contributed by atoms with E-state index in [2.05, 4.69) is 32.4 Å². The lowest BCUT2D eigenvalue weighted by Crippen LogP contribution is -2.58. The minimum atomic E-state index is -1.16. The lowest BCUT2D eigenvalue weighted by atomic mass is 9.89. The van der Waals surface area contributed by atoms with Crippen LogP contribution in [0.25, 0.3) is 22.2 Å². The van der Waals surface area contributed by atoms with Gasteiger partial charge in [0.25, 0.3) is 5.91 Å². The maximum absolute atomic E-state index is 17.1. The molecule has 0 radical (unpaired) electrons. The number of nitrogens with one attached hydrogen (secondary N) is 2. The van der Waals surface area contributed by atoms with E-state index in [1.54, 1.807) is 12.1 Å². The van der Waals surface area contributed by atoms with Crippen molar-refractivity contribution in [1.29, 1.82) is 0 Å². The second kappa shape index (κ2) is 12.6. The molecule has 4 saturated heterocycles. The highest BCUT2D eigenvalue weighted by molar-refractivity contribution is 6.32. The van der Waals surface area contributed by atoms with E-state index in [4.69, 9.17) is 30.8 Å².